The fourth-order valence-corrected chi connectivity index (χ4v) is 2.59. The molecule has 10 heteroatoms. The molecule has 0 fully saturated rings. The van der Waals surface area contributed by atoms with E-state index in [2.05, 4.69) is 44.8 Å². The Kier molecular flexibility index (Phi) is 7.01. The first kappa shape index (κ1) is 18.7. The monoisotopic (exact) mass is 369 g/mol. The topological polar surface area (TPSA) is 123 Å². The van der Waals surface area contributed by atoms with E-state index in [0.717, 1.165) is 17.1 Å². The Morgan fingerprint density at radius 3 is 1.93 bits per heavy atom. The van der Waals surface area contributed by atoms with Crippen molar-refractivity contribution in [1.82, 2.24) is 34.8 Å². The van der Waals surface area contributed by atoms with Crippen molar-refractivity contribution in [3.63, 3.8) is 0 Å². The molecule has 0 saturated heterocycles. The molecule has 0 aliphatic carbocycles. The fraction of sp³-hybridized carbons (Fsp3) is 0.353. The zero-order valence-corrected chi connectivity index (χ0v) is 15.1. The first-order valence-electron chi connectivity index (χ1n) is 8.58. The Balaban J connectivity index is 1.58. The van der Waals surface area contributed by atoms with Crippen LogP contribution in [0.3, 0.4) is 0 Å². The quantitative estimate of drug-likeness (QED) is 0.344. The lowest BCUT2D eigenvalue weighted by Crippen LogP contribution is -2.34. The summed E-state index contributed by atoms with van der Waals surface area (Å²) in [7, 11) is 1.68. The number of aromatic amines is 3. The molecule has 3 rings (SSSR count). The van der Waals surface area contributed by atoms with Gasteiger partial charge in [-0.1, -0.05) is 0 Å². The minimum Gasteiger partial charge on any atom is -0.360 e. The normalized spacial score (nSPS) is 13.3. The molecule has 0 bridgehead atoms. The fourth-order valence-electron chi connectivity index (χ4n) is 2.59. The van der Waals surface area contributed by atoms with Crippen LogP contribution >= 0.6 is 0 Å². The second-order valence-corrected chi connectivity index (χ2v) is 5.72. The van der Waals surface area contributed by atoms with Crippen molar-refractivity contribution in [2.75, 3.05) is 33.3 Å². The number of aliphatic imine (C=N–C) groups is 2. The van der Waals surface area contributed by atoms with Gasteiger partial charge in [-0.2, -0.15) is 0 Å². The van der Waals surface area contributed by atoms with Crippen LogP contribution in [0.25, 0.3) is 0 Å². The van der Waals surface area contributed by atoms with E-state index in [1.807, 2.05) is 0 Å². The van der Waals surface area contributed by atoms with Crippen LogP contribution in [0.1, 0.15) is 23.3 Å². The molecular formula is C17H23N9O. The van der Waals surface area contributed by atoms with Crippen molar-refractivity contribution in [3.8, 4) is 0 Å². The minimum atomic E-state index is -0.239. The van der Waals surface area contributed by atoms with Crippen LogP contribution < -0.4 is 0 Å². The number of methoxy groups -OCH3 is 1. The summed E-state index contributed by atoms with van der Waals surface area (Å²) in [6.07, 6.45) is 13.4. The maximum atomic E-state index is 5.68. The maximum absolute atomic E-state index is 5.68. The van der Waals surface area contributed by atoms with E-state index in [1.54, 1.807) is 57.1 Å². The third kappa shape index (κ3) is 5.69. The van der Waals surface area contributed by atoms with Gasteiger partial charge in [-0.3, -0.25) is 14.9 Å². The van der Waals surface area contributed by atoms with Crippen molar-refractivity contribution in [1.29, 1.82) is 0 Å². The Labute approximate surface area is 156 Å². The van der Waals surface area contributed by atoms with Crippen molar-refractivity contribution in [2.45, 2.75) is 6.23 Å². The van der Waals surface area contributed by atoms with Crippen LogP contribution in [0.15, 0.2) is 47.6 Å². The van der Waals surface area contributed by atoms with Gasteiger partial charge < -0.3 is 19.7 Å². The molecule has 0 spiro atoms. The second-order valence-electron chi connectivity index (χ2n) is 5.72. The molecule has 0 aliphatic heterocycles. The smallest absolute Gasteiger partial charge is 0.152 e. The van der Waals surface area contributed by atoms with Gasteiger partial charge in [0.15, 0.2) is 6.23 Å². The number of aromatic nitrogens is 6. The summed E-state index contributed by atoms with van der Waals surface area (Å²) < 4.78 is 5.68. The molecule has 0 aliphatic rings. The van der Waals surface area contributed by atoms with Gasteiger partial charge in [-0.15, -0.1) is 0 Å². The van der Waals surface area contributed by atoms with Gasteiger partial charge in [-0.25, -0.2) is 15.0 Å². The number of ether oxygens (including phenoxy) is 1. The molecule has 0 radical (unpaired) electrons. The molecule has 0 unspecified atom stereocenters. The molecule has 3 N–H and O–H groups in total. The summed E-state index contributed by atoms with van der Waals surface area (Å²) >= 11 is 0. The molecule has 27 heavy (non-hydrogen) atoms. The number of rotatable bonds is 11. The highest BCUT2D eigenvalue weighted by Crippen LogP contribution is 2.18. The molecule has 142 valence electrons. The van der Waals surface area contributed by atoms with E-state index in [-0.39, 0.29) is 6.23 Å². The first-order chi connectivity index (χ1) is 13.4. The number of nitrogens with zero attached hydrogens (tertiary/aromatic N) is 6. The molecule has 0 saturated carbocycles. The third-order valence-corrected chi connectivity index (χ3v) is 3.87. The Bertz CT molecular complexity index is 745. The van der Waals surface area contributed by atoms with Gasteiger partial charge in [0.05, 0.1) is 67.7 Å². The molecule has 0 aromatic carbocycles. The van der Waals surface area contributed by atoms with Crippen LogP contribution in [0, 0.1) is 0 Å². The Hall–Kier alpha value is -3.11. The average molecular weight is 369 g/mol. The van der Waals surface area contributed by atoms with E-state index in [1.165, 1.54) is 0 Å². The van der Waals surface area contributed by atoms with E-state index >= 15 is 0 Å². The molecule has 1 atom stereocenters. The molecule has 3 aromatic rings. The van der Waals surface area contributed by atoms with Gasteiger partial charge in [0.1, 0.15) is 0 Å². The molecule has 10 nitrogen and oxygen atoms in total. The maximum Gasteiger partial charge on any atom is 0.152 e. The van der Waals surface area contributed by atoms with E-state index in [4.69, 9.17) is 4.74 Å². The lowest BCUT2D eigenvalue weighted by atomic mass is 10.3. The largest absolute Gasteiger partial charge is 0.360 e. The van der Waals surface area contributed by atoms with Crippen molar-refractivity contribution in [3.05, 3.63) is 54.7 Å². The van der Waals surface area contributed by atoms with Gasteiger partial charge in [0.25, 0.3) is 0 Å². The summed E-state index contributed by atoms with van der Waals surface area (Å²) in [5, 5.41) is 0. The zero-order valence-electron chi connectivity index (χ0n) is 15.1. The summed E-state index contributed by atoms with van der Waals surface area (Å²) in [4.78, 5) is 32.2. The zero-order chi connectivity index (χ0) is 18.7. The highest BCUT2D eigenvalue weighted by Gasteiger charge is 2.20. The van der Waals surface area contributed by atoms with Gasteiger partial charge in [-0.05, 0) is 0 Å². The van der Waals surface area contributed by atoms with Crippen LogP contribution in [0.5, 0.6) is 0 Å². The highest BCUT2D eigenvalue weighted by molar-refractivity contribution is 5.76. The van der Waals surface area contributed by atoms with Crippen LogP contribution in [-0.2, 0) is 4.74 Å². The molecule has 3 aromatic heterocycles. The van der Waals surface area contributed by atoms with E-state index in [9.17, 15) is 0 Å². The molecule has 3 heterocycles. The minimum absolute atomic E-state index is 0.239. The van der Waals surface area contributed by atoms with Crippen LogP contribution in [-0.4, -0.2) is 80.5 Å². The number of H-pyrrole nitrogens is 3. The van der Waals surface area contributed by atoms with Gasteiger partial charge in [0, 0.05) is 32.6 Å². The highest BCUT2D eigenvalue weighted by atomic mass is 16.5. The van der Waals surface area contributed by atoms with Crippen LogP contribution in [0.4, 0.5) is 0 Å². The van der Waals surface area contributed by atoms with Gasteiger partial charge in [0.2, 0.25) is 0 Å². The van der Waals surface area contributed by atoms with E-state index in [0.29, 0.717) is 26.2 Å². The molecular weight excluding hydrogens is 346 g/mol. The average Bonchev–Trinajstić information content (AvgIpc) is 3.45. The second kappa shape index (κ2) is 10.1. The predicted octanol–water partition coefficient (Wildman–Crippen LogP) is 1.04. The van der Waals surface area contributed by atoms with E-state index < -0.39 is 0 Å². The summed E-state index contributed by atoms with van der Waals surface area (Å²) in [5.41, 5.74) is 2.65. The predicted molar refractivity (Wildman–Crippen MR) is 102 cm³/mol. The number of hydrogen-bond donors (Lipinski definition) is 3. The lowest BCUT2D eigenvalue weighted by molar-refractivity contribution is -0.0342. The number of hydrogen-bond acceptors (Lipinski definition) is 7. The molecule has 0 amide bonds. The lowest BCUT2D eigenvalue weighted by Gasteiger charge is -2.28. The third-order valence-electron chi connectivity index (χ3n) is 3.87. The standard InChI is InChI=1S/C17H23N9O/c1-27-17(16-10-22-13-25-16)26(4-2-18-6-14-8-20-11-23-14)5-3-19-7-15-9-21-12-24-15/h6-13,17H,2-5H2,1H3,(H,20,23)(H,21,24)(H,22,25)/t17-/m1/s1. The summed E-state index contributed by atoms with van der Waals surface area (Å²) in [5.74, 6) is 0. The first-order valence-corrected chi connectivity index (χ1v) is 8.58. The Morgan fingerprint density at radius 1 is 0.926 bits per heavy atom. The summed E-state index contributed by atoms with van der Waals surface area (Å²) in [6, 6.07) is 0. The number of nitrogens with one attached hydrogen (secondary N) is 3. The van der Waals surface area contributed by atoms with Gasteiger partial charge >= 0.3 is 0 Å². The SMILES string of the molecule is CO[C@H](c1cnc[nH]1)N(CCN=Cc1cnc[nH]1)CCN=Cc1cnc[nH]1. The van der Waals surface area contributed by atoms with Crippen molar-refractivity contribution < 1.29 is 4.74 Å². The number of imidazole rings is 3. The van der Waals surface area contributed by atoms with Crippen molar-refractivity contribution >= 4 is 12.4 Å². The Morgan fingerprint density at radius 2 is 1.48 bits per heavy atom. The summed E-state index contributed by atoms with van der Waals surface area (Å²) in [6.45, 7) is 2.66. The van der Waals surface area contributed by atoms with Crippen molar-refractivity contribution in [2.24, 2.45) is 9.98 Å². The van der Waals surface area contributed by atoms with Crippen LogP contribution in [0.2, 0.25) is 0 Å².